The highest BCUT2D eigenvalue weighted by Gasteiger charge is 2.20. The minimum atomic E-state index is -0.974. The third-order valence-corrected chi connectivity index (χ3v) is 3.98. The van der Waals surface area contributed by atoms with Crippen LogP contribution in [-0.2, 0) is 16.1 Å². The zero-order chi connectivity index (χ0) is 19.6. The summed E-state index contributed by atoms with van der Waals surface area (Å²) in [5.74, 6) is -1.33. The average Bonchev–Trinajstić information content (AvgIpc) is 2.69. The molecule has 2 rings (SSSR count). The molecule has 0 heterocycles. The normalized spacial score (nSPS) is 11.3. The second-order valence-corrected chi connectivity index (χ2v) is 5.93. The van der Waals surface area contributed by atoms with E-state index in [2.05, 4.69) is 10.6 Å². The zero-order valence-electron chi connectivity index (χ0n) is 14.7. The minimum absolute atomic E-state index is 0.0940. The number of primary amides is 1. The van der Waals surface area contributed by atoms with Gasteiger partial charge in [-0.3, -0.25) is 14.4 Å². The van der Waals surface area contributed by atoms with E-state index in [1.165, 1.54) is 6.07 Å². The van der Waals surface area contributed by atoms with Crippen molar-refractivity contribution in [1.82, 2.24) is 5.32 Å². The first-order valence-corrected chi connectivity index (χ1v) is 8.46. The maximum absolute atomic E-state index is 12.4. The maximum atomic E-state index is 12.4. The lowest BCUT2D eigenvalue weighted by Gasteiger charge is -2.15. The Morgan fingerprint density at radius 2 is 1.81 bits per heavy atom. The molecule has 27 heavy (non-hydrogen) atoms. The fourth-order valence-electron chi connectivity index (χ4n) is 2.53. The van der Waals surface area contributed by atoms with Crippen molar-refractivity contribution in [2.24, 2.45) is 5.73 Å². The molecule has 140 valence electrons. The van der Waals surface area contributed by atoms with Crippen LogP contribution in [0, 0.1) is 0 Å². The summed E-state index contributed by atoms with van der Waals surface area (Å²) in [5.41, 5.74) is 7.32. The van der Waals surface area contributed by atoms with E-state index in [4.69, 9.17) is 5.73 Å². The molecule has 0 aliphatic rings. The molecule has 0 saturated carbocycles. The van der Waals surface area contributed by atoms with Crippen LogP contribution >= 0.6 is 0 Å². The Bertz CT molecular complexity index is 821. The van der Waals surface area contributed by atoms with Crippen LogP contribution in [0.4, 0.5) is 5.69 Å². The Morgan fingerprint density at radius 1 is 1.07 bits per heavy atom. The van der Waals surface area contributed by atoms with Crippen LogP contribution in [0.1, 0.15) is 39.1 Å². The molecule has 0 saturated heterocycles. The zero-order valence-corrected chi connectivity index (χ0v) is 14.7. The van der Waals surface area contributed by atoms with Crippen LogP contribution in [0.3, 0.4) is 0 Å². The van der Waals surface area contributed by atoms with Gasteiger partial charge in [0.2, 0.25) is 5.91 Å². The summed E-state index contributed by atoms with van der Waals surface area (Å²) in [6, 6.07) is 13.5. The predicted octanol–water partition coefficient (Wildman–Crippen LogP) is 1.67. The molecule has 0 spiro atoms. The van der Waals surface area contributed by atoms with Gasteiger partial charge >= 0.3 is 0 Å². The molecule has 0 aliphatic carbocycles. The molecule has 0 bridgehead atoms. The van der Waals surface area contributed by atoms with Crippen molar-refractivity contribution in [3.63, 3.8) is 0 Å². The first kappa shape index (κ1) is 19.8. The van der Waals surface area contributed by atoms with Crippen LogP contribution in [0.5, 0.6) is 0 Å². The molecular formula is C20H21N3O4. The van der Waals surface area contributed by atoms with Crippen LogP contribution in [0.15, 0.2) is 48.5 Å². The van der Waals surface area contributed by atoms with Crippen LogP contribution in [0.2, 0.25) is 0 Å². The summed E-state index contributed by atoms with van der Waals surface area (Å²) >= 11 is 0. The van der Waals surface area contributed by atoms with E-state index in [-0.39, 0.29) is 24.0 Å². The van der Waals surface area contributed by atoms with Gasteiger partial charge in [0.25, 0.3) is 5.91 Å². The lowest BCUT2D eigenvalue weighted by atomic mass is 10.0. The number of benzene rings is 2. The Kier molecular flexibility index (Phi) is 7.25. The third kappa shape index (κ3) is 5.78. The van der Waals surface area contributed by atoms with Crippen molar-refractivity contribution >= 4 is 30.1 Å². The standard InChI is InChI=1S/C20H21N3O4/c21-19(26)18(7-4-10-24)23-20(27)17-9-8-16(11-15(17)13-25)22-12-14-5-2-1-3-6-14/h1-3,5-6,8-11,13,18,22H,4,7,12H2,(H2,21,26)(H,23,27). The molecule has 0 fully saturated rings. The topological polar surface area (TPSA) is 118 Å². The Labute approximate surface area is 156 Å². The molecule has 0 radical (unpaired) electrons. The summed E-state index contributed by atoms with van der Waals surface area (Å²) < 4.78 is 0. The van der Waals surface area contributed by atoms with Crippen molar-refractivity contribution < 1.29 is 19.2 Å². The highest BCUT2D eigenvalue weighted by Crippen LogP contribution is 2.16. The number of amides is 2. The van der Waals surface area contributed by atoms with Gasteiger partial charge in [-0.15, -0.1) is 0 Å². The van der Waals surface area contributed by atoms with Gasteiger partial charge in [-0.2, -0.15) is 0 Å². The van der Waals surface area contributed by atoms with E-state index in [0.717, 1.165) is 5.56 Å². The first-order valence-electron chi connectivity index (χ1n) is 8.46. The molecular weight excluding hydrogens is 346 g/mol. The number of carbonyl (C=O) groups excluding carboxylic acids is 4. The van der Waals surface area contributed by atoms with Crippen molar-refractivity contribution in [3.8, 4) is 0 Å². The average molecular weight is 367 g/mol. The monoisotopic (exact) mass is 367 g/mol. The lowest BCUT2D eigenvalue weighted by molar-refractivity contribution is -0.120. The molecule has 2 aromatic carbocycles. The van der Waals surface area contributed by atoms with Gasteiger partial charge in [-0.05, 0) is 30.2 Å². The van der Waals surface area contributed by atoms with Crippen molar-refractivity contribution in [3.05, 3.63) is 65.2 Å². The second-order valence-electron chi connectivity index (χ2n) is 5.93. The summed E-state index contributed by atoms with van der Waals surface area (Å²) in [6.45, 7) is 0.570. The van der Waals surface area contributed by atoms with E-state index in [9.17, 15) is 19.2 Å². The molecule has 4 N–H and O–H groups in total. The molecule has 2 aromatic rings. The van der Waals surface area contributed by atoms with Gasteiger partial charge in [-0.25, -0.2) is 0 Å². The van der Waals surface area contributed by atoms with Crippen LogP contribution < -0.4 is 16.4 Å². The van der Waals surface area contributed by atoms with Gasteiger partial charge < -0.3 is 21.2 Å². The van der Waals surface area contributed by atoms with Gasteiger partial charge in [0.1, 0.15) is 12.3 Å². The van der Waals surface area contributed by atoms with Gasteiger partial charge in [-0.1, -0.05) is 30.3 Å². The quantitative estimate of drug-likeness (QED) is 0.552. The summed E-state index contributed by atoms with van der Waals surface area (Å²) in [7, 11) is 0. The van der Waals surface area contributed by atoms with Crippen molar-refractivity contribution in [1.29, 1.82) is 0 Å². The van der Waals surface area contributed by atoms with E-state index >= 15 is 0 Å². The predicted molar refractivity (Wildman–Crippen MR) is 101 cm³/mol. The summed E-state index contributed by atoms with van der Waals surface area (Å²) in [5, 5.41) is 5.65. The van der Waals surface area contributed by atoms with E-state index < -0.39 is 17.9 Å². The Hall–Kier alpha value is -3.48. The number of hydrogen-bond donors (Lipinski definition) is 3. The van der Waals surface area contributed by atoms with Gasteiger partial charge in [0, 0.05) is 29.8 Å². The van der Waals surface area contributed by atoms with E-state index in [0.29, 0.717) is 24.8 Å². The number of rotatable bonds is 10. The van der Waals surface area contributed by atoms with Gasteiger partial charge in [0.05, 0.1) is 0 Å². The summed E-state index contributed by atoms with van der Waals surface area (Å²) in [6.07, 6.45) is 1.42. The first-order chi connectivity index (χ1) is 13.0. The van der Waals surface area contributed by atoms with Gasteiger partial charge in [0.15, 0.2) is 6.29 Å². The largest absolute Gasteiger partial charge is 0.381 e. The number of anilines is 1. The molecule has 0 aromatic heterocycles. The SMILES string of the molecule is NC(=O)C(CCC=O)NC(=O)c1ccc(NCc2ccccc2)cc1C=O. The number of carbonyl (C=O) groups is 4. The molecule has 7 nitrogen and oxygen atoms in total. The Balaban J connectivity index is 2.10. The number of aldehydes is 2. The van der Waals surface area contributed by atoms with Crippen LogP contribution in [-0.4, -0.2) is 30.4 Å². The number of nitrogens with one attached hydrogen (secondary N) is 2. The maximum Gasteiger partial charge on any atom is 0.252 e. The number of nitrogens with two attached hydrogens (primary N) is 1. The fraction of sp³-hybridized carbons (Fsp3) is 0.200. The van der Waals surface area contributed by atoms with Crippen molar-refractivity contribution in [2.75, 3.05) is 5.32 Å². The van der Waals surface area contributed by atoms with Crippen LogP contribution in [0.25, 0.3) is 0 Å². The number of hydrogen-bond acceptors (Lipinski definition) is 5. The molecule has 1 unspecified atom stereocenters. The fourth-order valence-corrected chi connectivity index (χ4v) is 2.53. The van der Waals surface area contributed by atoms with E-state index in [1.807, 2.05) is 30.3 Å². The minimum Gasteiger partial charge on any atom is -0.381 e. The molecule has 1 atom stereocenters. The molecule has 7 heteroatoms. The second kappa shape index (κ2) is 9.86. The smallest absolute Gasteiger partial charge is 0.252 e. The lowest BCUT2D eigenvalue weighted by Crippen LogP contribution is -2.44. The summed E-state index contributed by atoms with van der Waals surface area (Å²) in [4.78, 5) is 45.7. The third-order valence-electron chi connectivity index (χ3n) is 3.98. The Morgan fingerprint density at radius 3 is 2.44 bits per heavy atom. The van der Waals surface area contributed by atoms with E-state index in [1.54, 1.807) is 12.1 Å². The molecule has 2 amide bonds. The highest BCUT2D eigenvalue weighted by molar-refractivity contribution is 6.03. The molecule has 0 aliphatic heterocycles. The van der Waals surface area contributed by atoms with Crippen molar-refractivity contribution in [2.45, 2.75) is 25.4 Å². The highest BCUT2D eigenvalue weighted by atomic mass is 16.2.